The molecule has 3 rings (SSSR count). The highest BCUT2D eigenvalue weighted by Gasteiger charge is 2.27. The Labute approximate surface area is 133 Å². The van der Waals surface area contributed by atoms with Crippen molar-refractivity contribution in [3.63, 3.8) is 0 Å². The summed E-state index contributed by atoms with van der Waals surface area (Å²) in [4.78, 5) is 27.3. The summed E-state index contributed by atoms with van der Waals surface area (Å²) in [6, 6.07) is 10.5. The maximum atomic E-state index is 12.1. The van der Waals surface area contributed by atoms with Crippen LogP contribution in [0.1, 0.15) is 18.4 Å². The Kier molecular flexibility index (Phi) is 4.52. The van der Waals surface area contributed by atoms with Crippen LogP contribution in [0, 0.1) is 0 Å². The number of hydrogen-bond donors (Lipinski definition) is 2. The van der Waals surface area contributed by atoms with Gasteiger partial charge in [-0.2, -0.15) is 0 Å². The van der Waals surface area contributed by atoms with Crippen LogP contribution in [0.4, 0.5) is 5.69 Å². The van der Waals surface area contributed by atoms with Crippen LogP contribution in [0.15, 0.2) is 48.8 Å². The monoisotopic (exact) mass is 311 g/mol. The molecule has 0 saturated carbocycles. The average molecular weight is 311 g/mol. The predicted octanol–water partition coefficient (Wildman–Crippen LogP) is 1.88. The Hall–Kier alpha value is -2.89. The van der Waals surface area contributed by atoms with Crippen LogP contribution < -0.4 is 15.4 Å². The lowest BCUT2D eigenvalue weighted by atomic mass is 10.2. The molecule has 2 amide bonds. The Morgan fingerprint density at radius 3 is 3.00 bits per heavy atom. The van der Waals surface area contributed by atoms with Gasteiger partial charge in [0.25, 0.3) is 0 Å². The third kappa shape index (κ3) is 4.06. The highest BCUT2D eigenvalue weighted by atomic mass is 16.5. The van der Waals surface area contributed by atoms with Crippen LogP contribution in [-0.4, -0.2) is 22.8 Å². The van der Waals surface area contributed by atoms with Crippen molar-refractivity contribution in [2.24, 2.45) is 0 Å². The Morgan fingerprint density at radius 1 is 1.35 bits per heavy atom. The Bertz CT molecular complexity index is 703. The zero-order valence-corrected chi connectivity index (χ0v) is 12.5. The smallest absolute Gasteiger partial charge is 0.246 e. The highest BCUT2D eigenvalue weighted by Crippen LogP contribution is 2.19. The largest absolute Gasteiger partial charge is 0.489 e. The van der Waals surface area contributed by atoms with Crippen LogP contribution in [0.2, 0.25) is 0 Å². The van der Waals surface area contributed by atoms with Crippen LogP contribution in [0.5, 0.6) is 5.75 Å². The number of ether oxygens (including phenoxy) is 1. The van der Waals surface area contributed by atoms with E-state index in [9.17, 15) is 9.59 Å². The van der Waals surface area contributed by atoms with Gasteiger partial charge in [0.2, 0.25) is 11.8 Å². The first kappa shape index (κ1) is 15.0. The molecule has 118 valence electrons. The lowest BCUT2D eigenvalue weighted by molar-refractivity contribution is -0.122. The van der Waals surface area contributed by atoms with Gasteiger partial charge in [-0.1, -0.05) is 12.1 Å². The first-order valence-electron chi connectivity index (χ1n) is 7.43. The first-order valence-corrected chi connectivity index (χ1v) is 7.43. The maximum absolute atomic E-state index is 12.1. The summed E-state index contributed by atoms with van der Waals surface area (Å²) in [6.07, 6.45) is 4.38. The van der Waals surface area contributed by atoms with Crippen molar-refractivity contribution >= 4 is 17.5 Å². The summed E-state index contributed by atoms with van der Waals surface area (Å²) >= 11 is 0. The lowest BCUT2D eigenvalue weighted by Gasteiger charge is -2.12. The molecule has 1 aliphatic rings. The normalized spacial score (nSPS) is 16.7. The number of benzene rings is 1. The van der Waals surface area contributed by atoms with Gasteiger partial charge in [0.05, 0.1) is 0 Å². The van der Waals surface area contributed by atoms with E-state index in [4.69, 9.17) is 4.74 Å². The van der Waals surface area contributed by atoms with Crippen molar-refractivity contribution < 1.29 is 14.3 Å². The van der Waals surface area contributed by atoms with Gasteiger partial charge in [0, 0.05) is 36.1 Å². The van der Waals surface area contributed by atoms with Crippen LogP contribution in [0.25, 0.3) is 0 Å². The van der Waals surface area contributed by atoms with Crippen molar-refractivity contribution in [1.29, 1.82) is 0 Å². The first-order chi connectivity index (χ1) is 11.2. The zero-order valence-electron chi connectivity index (χ0n) is 12.5. The molecule has 1 atom stereocenters. The van der Waals surface area contributed by atoms with E-state index in [-0.39, 0.29) is 11.8 Å². The van der Waals surface area contributed by atoms with E-state index in [1.807, 2.05) is 18.2 Å². The predicted molar refractivity (Wildman–Crippen MR) is 84.8 cm³/mol. The summed E-state index contributed by atoms with van der Waals surface area (Å²) in [5, 5.41) is 5.44. The minimum atomic E-state index is -0.456. The van der Waals surface area contributed by atoms with E-state index in [1.54, 1.807) is 30.6 Å². The van der Waals surface area contributed by atoms with Gasteiger partial charge >= 0.3 is 0 Å². The van der Waals surface area contributed by atoms with Crippen molar-refractivity contribution in [2.45, 2.75) is 25.5 Å². The number of hydrogen-bond acceptors (Lipinski definition) is 4. The number of amides is 2. The molecule has 1 aromatic carbocycles. The number of carbonyl (C=O) groups excluding carboxylic acids is 2. The molecule has 0 spiro atoms. The second-order valence-corrected chi connectivity index (χ2v) is 5.33. The number of pyridine rings is 1. The summed E-state index contributed by atoms with van der Waals surface area (Å²) in [5.74, 6) is 0.362. The molecule has 1 aromatic heterocycles. The van der Waals surface area contributed by atoms with Crippen LogP contribution >= 0.6 is 0 Å². The van der Waals surface area contributed by atoms with Gasteiger partial charge in [-0.15, -0.1) is 0 Å². The van der Waals surface area contributed by atoms with Gasteiger partial charge in [-0.25, -0.2) is 0 Å². The quantitative estimate of drug-likeness (QED) is 0.883. The molecule has 0 bridgehead atoms. The highest BCUT2D eigenvalue weighted by molar-refractivity contribution is 5.99. The number of aromatic nitrogens is 1. The molecule has 1 unspecified atom stereocenters. The van der Waals surface area contributed by atoms with Crippen molar-refractivity contribution in [1.82, 2.24) is 10.3 Å². The summed E-state index contributed by atoms with van der Waals surface area (Å²) in [6.45, 7) is 0.407. The fourth-order valence-corrected chi connectivity index (χ4v) is 2.35. The standard InChI is InChI=1S/C17H17N3O3/c21-16-7-6-15(20-16)17(22)19-13-4-1-5-14(9-13)23-11-12-3-2-8-18-10-12/h1-5,8-10,15H,6-7,11H2,(H,19,22)(H,20,21). The SMILES string of the molecule is O=C1CCC(C(=O)Nc2cccc(OCc3cccnc3)c2)N1. The molecule has 1 fully saturated rings. The third-order valence-electron chi connectivity index (χ3n) is 3.54. The minimum absolute atomic E-state index is 0.0845. The second kappa shape index (κ2) is 6.91. The molecule has 2 aromatic rings. The zero-order chi connectivity index (χ0) is 16.1. The van der Waals surface area contributed by atoms with E-state index in [2.05, 4.69) is 15.6 Å². The minimum Gasteiger partial charge on any atom is -0.489 e. The van der Waals surface area contributed by atoms with Gasteiger partial charge in [0.15, 0.2) is 0 Å². The fourth-order valence-electron chi connectivity index (χ4n) is 2.35. The van der Waals surface area contributed by atoms with Crippen molar-refractivity contribution in [3.05, 3.63) is 54.4 Å². The molecule has 0 radical (unpaired) electrons. The molecule has 1 saturated heterocycles. The van der Waals surface area contributed by atoms with Gasteiger partial charge < -0.3 is 15.4 Å². The van der Waals surface area contributed by atoms with Crippen molar-refractivity contribution in [2.75, 3.05) is 5.32 Å². The molecule has 1 aliphatic heterocycles. The number of nitrogens with zero attached hydrogens (tertiary/aromatic N) is 1. The Morgan fingerprint density at radius 2 is 2.26 bits per heavy atom. The number of rotatable bonds is 5. The second-order valence-electron chi connectivity index (χ2n) is 5.33. The molecule has 2 N–H and O–H groups in total. The number of anilines is 1. The average Bonchev–Trinajstić information content (AvgIpc) is 3.01. The van der Waals surface area contributed by atoms with E-state index in [0.717, 1.165) is 5.56 Å². The molecular weight excluding hydrogens is 294 g/mol. The van der Waals surface area contributed by atoms with Crippen LogP contribution in [-0.2, 0) is 16.2 Å². The third-order valence-corrected chi connectivity index (χ3v) is 3.54. The molecule has 6 nitrogen and oxygen atoms in total. The molecular formula is C17H17N3O3. The molecule has 2 heterocycles. The van der Waals surface area contributed by atoms with Crippen LogP contribution in [0.3, 0.4) is 0 Å². The van der Waals surface area contributed by atoms with E-state index in [1.165, 1.54) is 0 Å². The lowest BCUT2D eigenvalue weighted by Crippen LogP contribution is -2.37. The van der Waals surface area contributed by atoms with E-state index in [0.29, 0.717) is 30.9 Å². The fraction of sp³-hybridized carbons (Fsp3) is 0.235. The van der Waals surface area contributed by atoms with E-state index < -0.39 is 6.04 Å². The summed E-state index contributed by atoms with van der Waals surface area (Å²) < 4.78 is 5.70. The Balaban J connectivity index is 1.58. The van der Waals surface area contributed by atoms with Gasteiger partial charge in [0.1, 0.15) is 18.4 Å². The van der Waals surface area contributed by atoms with E-state index >= 15 is 0 Å². The molecule has 6 heteroatoms. The van der Waals surface area contributed by atoms with Gasteiger partial charge in [-0.05, 0) is 24.6 Å². The number of carbonyl (C=O) groups is 2. The van der Waals surface area contributed by atoms with Gasteiger partial charge in [-0.3, -0.25) is 14.6 Å². The maximum Gasteiger partial charge on any atom is 0.246 e. The molecule has 0 aliphatic carbocycles. The topological polar surface area (TPSA) is 80.3 Å². The summed E-state index contributed by atoms with van der Waals surface area (Å²) in [7, 11) is 0. The van der Waals surface area contributed by atoms with Crippen molar-refractivity contribution in [3.8, 4) is 5.75 Å². The summed E-state index contributed by atoms with van der Waals surface area (Å²) in [5.41, 5.74) is 1.61. The molecule has 23 heavy (non-hydrogen) atoms. The number of nitrogens with one attached hydrogen (secondary N) is 2.